The molecular formula is C15H22O2S. The maximum atomic E-state index is 12.1. The predicted molar refractivity (Wildman–Crippen MR) is 76.5 cm³/mol. The minimum Gasteiger partial charge on any atom is -0.223 e. The van der Waals surface area contributed by atoms with E-state index in [0.29, 0.717) is 4.90 Å². The van der Waals surface area contributed by atoms with Gasteiger partial charge >= 0.3 is 0 Å². The van der Waals surface area contributed by atoms with Gasteiger partial charge in [-0.25, -0.2) is 8.42 Å². The Morgan fingerprint density at radius 3 is 2.39 bits per heavy atom. The Bertz CT molecular complexity index is 496. The van der Waals surface area contributed by atoms with Crippen LogP contribution in [0, 0.1) is 6.92 Å². The number of unbranched alkanes of at least 4 members (excludes halogenated alkanes) is 2. The number of sulfone groups is 1. The third kappa shape index (κ3) is 4.65. The molecule has 0 aliphatic rings. The number of aryl methyl sites for hydroxylation is 1. The Morgan fingerprint density at radius 2 is 1.83 bits per heavy atom. The first kappa shape index (κ1) is 15.0. The van der Waals surface area contributed by atoms with E-state index in [0.717, 1.165) is 30.4 Å². The van der Waals surface area contributed by atoms with Crippen molar-refractivity contribution in [3.63, 3.8) is 0 Å². The fourth-order valence-electron chi connectivity index (χ4n) is 1.74. The molecule has 0 fully saturated rings. The highest BCUT2D eigenvalue weighted by molar-refractivity contribution is 7.91. The second kappa shape index (κ2) is 6.74. The van der Waals surface area contributed by atoms with Gasteiger partial charge in [-0.15, -0.1) is 0 Å². The Balaban J connectivity index is 2.76. The summed E-state index contributed by atoms with van der Waals surface area (Å²) in [5.74, 6) is 0.125. The molecule has 1 aromatic rings. The van der Waals surface area contributed by atoms with E-state index in [-0.39, 0.29) is 5.75 Å². The largest absolute Gasteiger partial charge is 0.223 e. The molecular weight excluding hydrogens is 244 g/mol. The summed E-state index contributed by atoms with van der Waals surface area (Å²) in [5, 5.41) is 0. The van der Waals surface area contributed by atoms with Gasteiger partial charge in [-0.05, 0) is 32.4 Å². The van der Waals surface area contributed by atoms with Crippen LogP contribution >= 0.6 is 0 Å². The Hall–Kier alpha value is -1.09. The molecule has 1 aromatic carbocycles. The summed E-state index contributed by atoms with van der Waals surface area (Å²) in [4.78, 5) is 0.413. The minimum absolute atomic E-state index is 0.125. The average Bonchev–Trinajstić information content (AvgIpc) is 2.29. The van der Waals surface area contributed by atoms with Crippen molar-refractivity contribution in [2.45, 2.75) is 44.9 Å². The van der Waals surface area contributed by atoms with E-state index in [9.17, 15) is 8.42 Å². The Labute approximate surface area is 111 Å². The number of hydrogen-bond acceptors (Lipinski definition) is 2. The second-order valence-electron chi connectivity index (χ2n) is 4.76. The molecule has 0 bridgehead atoms. The highest BCUT2D eigenvalue weighted by Gasteiger charge is 2.14. The molecule has 1 rings (SSSR count). The molecule has 0 unspecified atom stereocenters. The van der Waals surface area contributed by atoms with Crippen LogP contribution in [0.5, 0.6) is 0 Å². The second-order valence-corrected chi connectivity index (χ2v) is 6.75. The molecule has 0 aliphatic heterocycles. The van der Waals surface area contributed by atoms with E-state index in [4.69, 9.17) is 0 Å². The Morgan fingerprint density at radius 1 is 1.22 bits per heavy atom. The van der Waals surface area contributed by atoms with Crippen LogP contribution in [0.1, 0.15) is 38.7 Å². The zero-order valence-electron chi connectivity index (χ0n) is 11.4. The quantitative estimate of drug-likeness (QED) is 0.578. The van der Waals surface area contributed by atoms with Gasteiger partial charge in [0, 0.05) is 0 Å². The Kier molecular flexibility index (Phi) is 5.60. The van der Waals surface area contributed by atoms with Crippen LogP contribution in [0.25, 0.3) is 0 Å². The van der Waals surface area contributed by atoms with Crippen molar-refractivity contribution in [1.82, 2.24) is 0 Å². The van der Waals surface area contributed by atoms with E-state index >= 15 is 0 Å². The fourth-order valence-corrected chi connectivity index (χ4v) is 3.17. The smallest absolute Gasteiger partial charge is 0.182 e. The molecule has 0 atom stereocenters. The zero-order chi connectivity index (χ0) is 13.6. The lowest BCUT2D eigenvalue weighted by Gasteiger charge is -2.05. The molecule has 0 spiro atoms. The highest BCUT2D eigenvalue weighted by Crippen LogP contribution is 2.15. The normalized spacial score (nSPS) is 12.7. The van der Waals surface area contributed by atoms with Gasteiger partial charge in [-0.1, -0.05) is 49.1 Å². The van der Waals surface area contributed by atoms with Gasteiger partial charge in [-0.3, -0.25) is 0 Å². The van der Waals surface area contributed by atoms with Crippen molar-refractivity contribution in [3.05, 3.63) is 41.5 Å². The van der Waals surface area contributed by atoms with Gasteiger partial charge in [0.15, 0.2) is 9.84 Å². The minimum atomic E-state index is -3.18. The van der Waals surface area contributed by atoms with Crippen LogP contribution < -0.4 is 0 Å². The van der Waals surface area contributed by atoms with Crippen molar-refractivity contribution in [1.29, 1.82) is 0 Å². The standard InChI is InChI=1S/C15H22O2S/c1-4-5-6-7-14(3)12-18(16,17)15-10-8-13(2)9-11-15/h7-11H,4-6,12H2,1-3H3/b14-7+. The summed E-state index contributed by atoms with van der Waals surface area (Å²) >= 11 is 0. The number of hydrogen-bond donors (Lipinski definition) is 0. The van der Waals surface area contributed by atoms with Crippen LogP contribution in [-0.4, -0.2) is 14.2 Å². The summed E-state index contributed by atoms with van der Waals surface area (Å²) in [5.41, 5.74) is 2.01. The third-order valence-corrected chi connectivity index (χ3v) is 4.67. The molecule has 0 saturated carbocycles. The maximum Gasteiger partial charge on any atom is 0.182 e. The lowest BCUT2D eigenvalue weighted by atomic mass is 10.2. The van der Waals surface area contributed by atoms with Crippen molar-refractivity contribution in [2.24, 2.45) is 0 Å². The molecule has 0 saturated heterocycles. The lowest BCUT2D eigenvalue weighted by molar-refractivity contribution is 0.598. The average molecular weight is 266 g/mol. The zero-order valence-corrected chi connectivity index (χ0v) is 12.3. The van der Waals surface area contributed by atoms with E-state index < -0.39 is 9.84 Å². The molecule has 0 radical (unpaired) electrons. The van der Waals surface area contributed by atoms with Gasteiger partial charge in [0.1, 0.15) is 0 Å². The van der Waals surface area contributed by atoms with Gasteiger partial charge in [0.05, 0.1) is 10.6 Å². The van der Waals surface area contributed by atoms with Crippen molar-refractivity contribution >= 4 is 9.84 Å². The summed E-state index contributed by atoms with van der Waals surface area (Å²) < 4.78 is 24.3. The molecule has 0 aliphatic carbocycles. The summed E-state index contributed by atoms with van der Waals surface area (Å²) in [6.45, 7) is 5.97. The maximum absolute atomic E-state index is 12.1. The fraction of sp³-hybridized carbons (Fsp3) is 0.467. The molecule has 0 heterocycles. The van der Waals surface area contributed by atoms with E-state index in [1.165, 1.54) is 0 Å². The van der Waals surface area contributed by atoms with Crippen LogP contribution in [0.3, 0.4) is 0 Å². The van der Waals surface area contributed by atoms with Crippen molar-refractivity contribution < 1.29 is 8.42 Å². The van der Waals surface area contributed by atoms with Crippen molar-refractivity contribution in [3.8, 4) is 0 Å². The van der Waals surface area contributed by atoms with E-state index in [1.54, 1.807) is 12.1 Å². The van der Waals surface area contributed by atoms with Crippen LogP contribution in [-0.2, 0) is 9.84 Å². The number of rotatable bonds is 6. The molecule has 0 amide bonds. The first-order valence-electron chi connectivity index (χ1n) is 6.41. The monoisotopic (exact) mass is 266 g/mol. The number of benzene rings is 1. The predicted octanol–water partition coefficient (Wildman–Crippen LogP) is 3.91. The molecule has 0 aromatic heterocycles. The topological polar surface area (TPSA) is 34.1 Å². The lowest BCUT2D eigenvalue weighted by Crippen LogP contribution is -2.07. The highest BCUT2D eigenvalue weighted by atomic mass is 32.2. The van der Waals surface area contributed by atoms with Gasteiger partial charge in [-0.2, -0.15) is 0 Å². The van der Waals surface area contributed by atoms with E-state index in [2.05, 4.69) is 6.92 Å². The van der Waals surface area contributed by atoms with Gasteiger partial charge in [0.2, 0.25) is 0 Å². The first-order chi connectivity index (χ1) is 8.45. The van der Waals surface area contributed by atoms with Crippen LogP contribution in [0.2, 0.25) is 0 Å². The molecule has 3 heteroatoms. The van der Waals surface area contributed by atoms with Gasteiger partial charge in [0.25, 0.3) is 0 Å². The number of allylic oxidation sites excluding steroid dienone is 1. The third-order valence-electron chi connectivity index (χ3n) is 2.85. The molecule has 100 valence electrons. The molecule has 0 N–H and O–H groups in total. The summed E-state index contributed by atoms with van der Waals surface area (Å²) in [7, 11) is -3.18. The first-order valence-corrected chi connectivity index (χ1v) is 8.06. The van der Waals surface area contributed by atoms with Crippen molar-refractivity contribution in [2.75, 3.05) is 5.75 Å². The SMILES string of the molecule is CCCC/C=C(\C)CS(=O)(=O)c1ccc(C)cc1. The van der Waals surface area contributed by atoms with Crippen LogP contribution in [0.4, 0.5) is 0 Å². The molecule has 2 nitrogen and oxygen atoms in total. The molecule has 18 heavy (non-hydrogen) atoms. The summed E-state index contributed by atoms with van der Waals surface area (Å²) in [6, 6.07) is 7.04. The van der Waals surface area contributed by atoms with Crippen LogP contribution in [0.15, 0.2) is 40.8 Å². The van der Waals surface area contributed by atoms with E-state index in [1.807, 2.05) is 32.1 Å². The summed E-state index contributed by atoms with van der Waals surface area (Å²) in [6.07, 6.45) is 5.25. The van der Waals surface area contributed by atoms with Gasteiger partial charge < -0.3 is 0 Å².